The largest absolute Gasteiger partial charge is 0.480 e. The van der Waals surface area contributed by atoms with Crippen molar-refractivity contribution in [1.29, 1.82) is 0 Å². The Kier molecular flexibility index (Phi) is 6.23. The standard InChI is InChI=1S/C17H34N2O2/c1-13(2)18-17(15(20)21)10-7-8-14(17)9-11-19(6)12-16(3,4)5/h13-14,18H,7-12H2,1-6H3,(H,20,21). The lowest BCUT2D eigenvalue weighted by molar-refractivity contribution is -0.147. The highest BCUT2D eigenvalue weighted by atomic mass is 16.4. The molecule has 1 fully saturated rings. The molecule has 4 heteroatoms. The molecule has 1 aliphatic carbocycles. The van der Waals surface area contributed by atoms with Crippen molar-refractivity contribution in [2.75, 3.05) is 20.1 Å². The van der Waals surface area contributed by atoms with Gasteiger partial charge in [-0.3, -0.25) is 10.1 Å². The number of carboxylic acids is 1. The predicted molar refractivity (Wildman–Crippen MR) is 87.5 cm³/mol. The minimum atomic E-state index is -0.712. The van der Waals surface area contributed by atoms with Gasteiger partial charge in [0.05, 0.1) is 0 Å². The first-order valence-electron chi connectivity index (χ1n) is 8.26. The SMILES string of the molecule is CC(C)NC1(C(=O)O)CCCC1CCN(C)CC(C)(C)C. The molecule has 21 heavy (non-hydrogen) atoms. The van der Waals surface area contributed by atoms with Gasteiger partial charge in [0.2, 0.25) is 0 Å². The average Bonchev–Trinajstić information content (AvgIpc) is 2.67. The van der Waals surface area contributed by atoms with Gasteiger partial charge >= 0.3 is 5.97 Å². The molecule has 0 aromatic heterocycles. The molecule has 0 saturated heterocycles. The Balaban J connectivity index is 2.65. The molecule has 0 aromatic carbocycles. The molecule has 0 spiro atoms. The Bertz CT molecular complexity index is 349. The third kappa shape index (κ3) is 5.26. The maximum absolute atomic E-state index is 11.9. The highest BCUT2D eigenvalue weighted by Crippen LogP contribution is 2.38. The minimum Gasteiger partial charge on any atom is -0.480 e. The van der Waals surface area contributed by atoms with E-state index in [0.29, 0.717) is 0 Å². The lowest BCUT2D eigenvalue weighted by atomic mass is 9.83. The van der Waals surface area contributed by atoms with Gasteiger partial charge in [0.1, 0.15) is 5.54 Å². The van der Waals surface area contributed by atoms with E-state index in [1.807, 2.05) is 13.8 Å². The maximum Gasteiger partial charge on any atom is 0.324 e. The molecule has 2 unspecified atom stereocenters. The molecule has 1 saturated carbocycles. The van der Waals surface area contributed by atoms with Crippen molar-refractivity contribution in [2.45, 2.75) is 71.9 Å². The van der Waals surface area contributed by atoms with Gasteiger partial charge in [-0.1, -0.05) is 27.2 Å². The van der Waals surface area contributed by atoms with Crippen LogP contribution in [0.4, 0.5) is 0 Å². The van der Waals surface area contributed by atoms with Gasteiger partial charge in [-0.25, -0.2) is 0 Å². The summed E-state index contributed by atoms with van der Waals surface area (Å²) in [7, 11) is 2.14. The Hall–Kier alpha value is -0.610. The Morgan fingerprint density at radius 3 is 2.52 bits per heavy atom. The van der Waals surface area contributed by atoms with Crippen LogP contribution in [0.25, 0.3) is 0 Å². The van der Waals surface area contributed by atoms with Crippen LogP contribution in [0, 0.1) is 11.3 Å². The molecular weight excluding hydrogens is 264 g/mol. The Morgan fingerprint density at radius 2 is 2.05 bits per heavy atom. The van der Waals surface area contributed by atoms with Crippen LogP contribution in [0.2, 0.25) is 0 Å². The highest BCUT2D eigenvalue weighted by molar-refractivity contribution is 5.79. The molecule has 2 N–H and O–H groups in total. The minimum absolute atomic E-state index is 0.203. The number of carboxylic acid groups (broad SMARTS) is 1. The average molecular weight is 298 g/mol. The van der Waals surface area contributed by atoms with E-state index in [4.69, 9.17) is 0 Å². The number of hydrogen-bond donors (Lipinski definition) is 2. The number of rotatable bonds is 7. The lowest BCUT2D eigenvalue weighted by Gasteiger charge is -2.36. The van der Waals surface area contributed by atoms with E-state index in [0.717, 1.165) is 38.8 Å². The van der Waals surface area contributed by atoms with E-state index in [1.54, 1.807) is 0 Å². The van der Waals surface area contributed by atoms with Crippen molar-refractivity contribution in [2.24, 2.45) is 11.3 Å². The van der Waals surface area contributed by atoms with Crippen molar-refractivity contribution in [1.82, 2.24) is 10.2 Å². The molecule has 4 nitrogen and oxygen atoms in total. The van der Waals surface area contributed by atoms with Crippen molar-refractivity contribution >= 4 is 5.97 Å². The molecule has 0 heterocycles. The molecular formula is C17H34N2O2. The van der Waals surface area contributed by atoms with Gasteiger partial charge in [-0.2, -0.15) is 0 Å². The monoisotopic (exact) mass is 298 g/mol. The number of hydrogen-bond acceptors (Lipinski definition) is 3. The molecule has 124 valence electrons. The van der Waals surface area contributed by atoms with Crippen LogP contribution in [0.5, 0.6) is 0 Å². The van der Waals surface area contributed by atoms with Crippen LogP contribution in [0.3, 0.4) is 0 Å². The van der Waals surface area contributed by atoms with Gasteiger partial charge in [0.25, 0.3) is 0 Å². The maximum atomic E-state index is 11.9. The summed E-state index contributed by atoms with van der Waals surface area (Å²) >= 11 is 0. The summed E-state index contributed by atoms with van der Waals surface area (Å²) in [5, 5.41) is 13.1. The van der Waals surface area contributed by atoms with Crippen LogP contribution in [-0.2, 0) is 4.79 Å². The van der Waals surface area contributed by atoms with E-state index in [-0.39, 0.29) is 17.4 Å². The normalized spacial score (nSPS) is 26.8. The third-order valence-electron chi connectivity index (χ3n) is 4.35. The smallest absolute Gasteiger partial charge is 0.324 e. The van der Waals surface area contributed by atoms with E-state index in [1.165, 1.54) is 0 Å². The Labute approximate surface area is 130 Å². The molecule has 0 aliphatic heterocycles. The van der Waals surface area contributed by atoms with E-state index in [9.17, 15) is 9.90 Å². The van der Waals surface area contributed by atoms with Gasteiger partial charge in [0, 0.05) is 12.6 Å². The third-order valence-corrected chi connectivity index (χ3v) is 4.35. The van der Waals surface area contributed by atoms with E-state index >= 15 is 0 Å². The quantitative estimate of drug-likeness (QED) is 0.759. The summed E-state index contributed by atoms with van der Waals surface area (Å²) in [5.74, 6) is -0.433. The summed E-state index contributed by atoms with van der Waals surface area (Å²) in [6, 6.07) is 0.203. The van der Waals surface area contributed by atoms with Gasteiger partial charge in [-0.05, 0) is 58.0 Å². The summed E-state index contributed by atoms with van der Waals surface area (Å²) < 4.78 is 0. The van der Waals surface area contributed by atoms with Crippen LogP contribution in [0.1, 0.15) is 60.3 Å². The van der Waals surface area contributed by atoms with Crippen molar-refractivity contribution in [3.05, 3.63) is 0 Å². The zero-order chi connectivity index (χ0) is 16.3. The molecule has 1 aliphatic rings. The first-order valence-corrected chi connectivity index (χ1v) is 8.26. The fourth-order valence-corrected chi connectivity index (χ4v) is 3.78. The first-order chi connectivity index (χ1) is 9.57. The van der Waals surface area contributed by atoms with Crippen molar-refractivity contribution in [3.63, 3.8) is 0 Å². The zero-order valence-corrected chi connectivity index (χ0v) is 14.7. The van der Waals surface area contributed by atoms with Gasteiger partial charge < -0.3 is 10.0 Å². The Morgan fingerprint density at radius 1 is 1.43 bits per heavy atom. The molecule has 1 rings (SSSR count). The van der Waals surface area contributed by atoms with Crippen molar-refractivity contribution in [3.8, 4) is 0 Å². The number of nitrogens with zero attached hydrogens (tertiary/aromatic N) is 1. The topological polar surface area (TPSA) is 52.6 Å². The summed E-state index contributed by atoms with van der Waals surface area (Å²) in [5.41, 5.74) is -0.429. The molecule has 2 atom stereocenters. The van der Waals surface area contributed by atoms with Gasteiger partial charge in [-0.15, -0.1) is 0 Å². The van der Waals surface area contributed by atoms with Crippen LogP contribution in [-0.4, -0.2) is 47.7 Å². The number of nitrogens with one attached hydrogen (secondary N) is 1. The highest BCUT2D eigenvalue weighted by Gasteiger charge is 2.49. The molecule has 0 radical (unpaired) electrons. The summed E-state index contributed by atoms with van der Waals surface area (Å²) in [6.45, 7) is 12.8. The summed E-state index contributed by atoms with van der Waals surface area (Å²) in [4.78, 5) is 14.2. The van der Waals surface area contributed by atoms with E-state index in [2.05, 4.69) is 38.0 Å². The second-order valence-electron chi connectivity index (χ2n) is 8.25. The van der Waals surface area contributed by atoms with Crippen molar-refractivity contribution < 1.29 is 9.90 Å². The second kappa shape index (κ2) is 7.10. The second-order valence-corrected chi connectivity index (χ2v) is 8.25. The number of aliphatic carboxylic acids is 1. The zero-order valence-electron chi connectivity index (χ0n) is 14.7. The fourth-order valence-electron chi connectivity index (χ4n) is 3.78. The van der Waals surface area contributed by atoms with Gasteiger partial charge in [0.15, 0.2) is 0 Å². The molecule has 0 aromatic rings. The first kappa shape index (κ1) is 18.4. The van der Waals surface area contributed by atoms with Crippen LogP contribution >= 0.6 is 0 Å². The predicted octanol–water partition coefficient (Wildman–Crippen LogP) is 2.98. The van der Waals surface area contributed by atoms with E-state index < -0.39 is 11.5 Å². The van der Waals surface area contributed by atoms with Crippen LogP contribution < -0.4 is 5.32 Å². The summed E-state index contributed by atoms with van der Waals surface area (Å²) in [6.07, 6.45) is 3.75. The molecule has 0 amide bonds. The number of carbonyl (C=O) groups is 1. The molecule has 0 bridgehead atoms. The lowest BCUT2D eigenvalue weighted by Crippen LogP contribution is -2.57. The van der Waals surface area contributed by atoms with Crippen LogP contribution in [0.15, 0.2) is 0 Å². The fraction of sp³-hybridized carbons (Fsp3) is 0.941.